The van der Waals surface area contributed by atoms with E-state index in [-0.39, 0.29) is 12.0 Å². The Kier molecular flexibility index (Phi) is 4.50. The molecule has 1 amide bonds. The van der Waals surface area contributed by atoms with E-state index in [9.17, 15) is 9.90 Å². The average Bonchev–Trinajstić information content (AvgIpc) is 3.01. The van der Waals surface area contributed by atoms with Crippen molar-refractivity contribution in [2.75, 3.05) is 32.7 Å². The van der Waals surface area contributed by atoms with Crippen molar-refractivity contribution in [1.29, 1.82) is 0 Å². The average molecular weight is 294 g/mol. The lowest BCUT2D eigenvalue weighted by molar-refractivity contribution is -0.134. The summed E-state index contributed by atoms with van der Waals surface area (Å²) in [6.07, 6.45) is 4.65. The molecule has 0 bridgehead atoms. The zero-order chi connectivity index (χ0) is 14.7. The van der Waals surface area contributed by atoms with Gasteiger partial charge in [0.2, 0.25) is 12.3 Å². The number of carbonyl (C=O) groups is 1. The quantitative estimate of drug-likeness (QED) is 0.859. The maximum atomic E-state index is 12.3. The van der Waals surface area contributed by atoms with Crippen LogP contribution in [-0.2, 0) is 4.79 Å². The number of rotatable bonds is 3. The molecule has 0 unspecified atom stereocenters. The van der Waals surface area contributed by atoms with Crippen LogP contribution in [0.3, 0.4) is 0 Å². The standard InChI is InChI=1S/C14H22N4O3/c19-12-2-1-5-17(8-12)9-13(20)18-6-3-11(4-7-18)14-15-10-21-16-14/h10-12,19H,1-9H2/t12-/m0/s1. The number of aliphatic hydroxyl groups is 1. The highest BCUT2D eigenvalue weighted by Gasteiger charge is 2.28. The lowest BCUT2D eigenvalue weighted by Crippen LogP contribution is -2.47. The molecule has 2 aliphatic heterocycles. The van der Waals surface area contributed by atoms with Crippen LogP contribution >= 0.6 is 0 Å². The van der Waals surface area contributed by atoms with Crippen LogP contribution in [0.4, 0.5) is 0 Å². The van der Waals surface area contributed by atoms with Crippen LogP contribution < -0.4 is 0 Å². The number of hydrogen-bond donors (Lipinski definition) is 1. The van der Waals surface area contributed by atoms with Gasteiger partial charge in [-0.15, -0.1) is 0 Å². The maximum Gasteiger partial charge on any atom is 0.236 e. The number of β-amino-alcohol motifs (C(OH)–C–C–N with tert-alkyl or cyclic N) is 1. The van der Waals surface area contributed by atoms with E-state index in [1.54, 1.807) is 0 Å². The molecule has 0 saturated carbocycles. The van der Waals surface area contributed by atoms with Gasteiger partial charge in [-0.3, -0.25) is 9.69 Å². The van der Waals surface area contributed by atoms with Gasteiger partial charge in [-0.1, -0.05) is 5.16 Å². The number of nitrogens with zero attached hydrogens (tertiary/aromatic N) is 4. The zero-order valence-electron chi connectivity index (χ0n) is 12.1. The second-order valence-corrected chi connectivity index (χ2v) is 5.98. The Labute approximate surface area is 123 Å². The summed E-state index contributed by atoms with van der Waals surface area (Å²) in [7, 11) is 0. The van der Waals surface area contributed by atoms with Gasteiger partial charge in [0.15, 0.2) is 5.82 Å². The monoisotopic (exact) mass is 294 g/mol. The number of aliphatic hydroxyl groups excluding tert-OH is 1. The number of hydrogen-bond acceptors (Lipinski definition) is 6. The molecule has 7 heteroatoms. The molecule has 2 aliphatic rings. The summed E-state index contributed by atoms with van der Waals surface area (Å²) in [5.41, 5.74) is 0. The molecule has 1 aromatic rings. The van der Waals surface area contributed by atoms with Crippen molar-refractivity contribution in [3.63, 3.8) is 0 Å². The Morgan fingerprint density at radius 1 is 1.33 bits per heavy atom. The van der Waals surface area contributed by atoms with Gasteiger partial charge >= 0.3 is 0 Å². The Morgan fingerprint density at radius 2 is 2.14 bits per heavy atom. The van der Waals surface area contributed by atoms with Gasteiger partial charge in [-0.2, -0.15) is 4.98 Å². The number of carbonyl (C=O) groups excluding carboxylic acids is 1. The highest BCUT2D eigenvalue weighted by Crippen LogP contribution is 2.25. The molecular formula is C14H22N4O3. The van der Waals surface area contributed by atoms with E-state index in [1.165, 1.54) is 6.39 Å². The van der Waals surface area contributed by atoms with E-state index < -0.39 is 0 Å². The first-order valence-corrected chi connectivity index (χ1v) is 7.67. The number of piperidine rings is 2. The SMILES string of the molecule is O=C(CN1CCC[C@H](O)C1)N1CCC(c2ncon2)CC1. The van der Waals surface area contributed by atoms with Crippen LogP contribution in [0.25, 0.3) is 0 Å². The molecule has 0 radical (unpaired) electrons. The van der Waals surface area contributed by atoms with E-state index >= 15 is 0 Å². The van der Waals surface area contributed by atoms with E-state index in [0.717, 1.165) is 51.1 Å². The largest absolute Gasteiger partial charge is 0.392 e. The second kappa shape index (κ2) is 6.53. The van der Waals surface area contributed by atoms with E-state index in [1.807, 2.05) is 4.90 Å². The molecule has 2 saturated heterocycles. The summed E-state index contributed by atoms with van der Waals surface area (Å²) >= 11 is 0. The van der Waals surface area contributed by atoms with Crippen molar-refractivity contribution >= 4 is 5.91 Å². The fraction of sp³-hybridized carbons (Fsp3) is 0.786. The number of aromatic nitrogens is 2. The number of amides is 1. The fourth-order valence-corrected chi connectivity index (χ4v) is 3.21. The molecular weight excluding hydrogens is 272 g/mol. The zero-order valence-corrected chi connectivity index (χ0v) is 12.1. The Hall–Kier alpha value is -1.47. The molecule has 2 fully saturated rings. The van der Waals surface area contributed by atoms with Gasteiger partial charge in [-0.05, 0) is 32.2 Å². The maximum absolute atomic E-state index is 12.3. The normalized spacial score (nSPS) is 25.2. The van der Waals surface area contributed by atoms with Gasteiger partial charge in [0.25, 0.3) is 0 Å². The van der Waals surface area contributed by atoms with Crippen LogP contribution in [0.5, 0.6) is 0 Å². The minimum absolute atomic E-state index is 0.163. The minimum atomic E-state index is -0.282. The predicted molar refractivity (Wildman–Crippen MR) is 74.5 cm³/mol. The molecule has 3 heterocycles. The lowest BCUT2D eigenvalue weighted by atomic mass is 9.96. The van der Waals surface area contributed by atoms with Gasteiger partial charge in [0, 0.05) is 25.6 Å². The molecule has 7 nitrogen and oxygen atoms in total. The summed E-state index contributed by atoms with van der Waals surface area (Å²) in [6.45, 7) is 3.43. The lowest BCUT2D eigenvalue weighted by Gasteiger charge is -2.34. The molecule has 1 aromatic heterocycles. The van der Waals surface area contributed by atoms with Gasteiger partial charge in [-0.25, -0.2) is 0 Å². The molecule has 1 atom stereocenters. The molecule has 0 aromatic carbocycles. The van der Waals surface area contributed by atoms with Gasteiger partial charge in [0.1, 0.15) is 0 Å². The summed E-state index contributed by atoms with van der Waals surface area (Å²) < 4.78 is 4.78. The predicted octanol–water partition coefficient (Wildman–Crippen LogP) is 0.232. The summed E-state index contributed by atoms with van der Waals surface area (Å²) in [5, 5.41) is 13.5. The summed E-state index contributed by atoms with van der Waals surface area (Å²) in [6, 6.07) is 0. The summed E-state index contributed by atoms with van der Waals surface area (Å²) in [4.78, 5) is 20.4. The summed E-state index contributed by atoms with van der Waals surface area (Å²) in [5.74, 6) is 1.21. The topological polar surface area (TPSA) is 82.7 Å². The third kappa shape index (κ3) is 3.59. The van der Waals surface area contributed by atoms with Crippen LogP contribution in [0, 0.1) is 0 Å². The second-order valence-electron chi connectivity index (χ2n) is 5.98. The van der Waals surface area contributed by atoms with Crippen LogP contribution in [0.1, 0.15) is 37.4 Å². The van der Waals surface area contributed by atoms with Crippen molar-refractivity contribution < 1.29 is 14.4 Å². The smallest absolute Gasteiger partial charge is 0.236 e. The molecule has 3 rings (SSSR count). The van der Waals surface area contributed by atoms with Crippen LogP contribution in [-0.4, -0.2) is 69.8 Å². The molecule has 0 spiro atoms. The van der Waals surface area contributed by atoms with E-state index in [2.05, 4.69) is 15.0 Å². The Morgan fingerprint density at radius 3 is 2.81 bits per heavy atom. The fourth-order valence-electron chi connectivity index (χ4n) is 3.21. The first kappa shape index (κ1) is 14.5. The van der Waals surface area contributed by atoms with Crippen LogP contribution in [0.15, 0.2) is 10.9 Å². The molecule has 116 valence electrons. The van der Waals surface area contributed by atoms with Gasteiger partial charge in [0.05, 0.1) is 12.6 Å². The third-order valence-electron chi connectivity index (χ3n) is 4.43. The first-order chi connectivity index (χ1) is 10.2. The van der Waals surface area contributed by atoms with E-state index in [0.29, 0.717) is 19.0 Å². The first-order valence-electron chi connectivity index (χ1n) is 7.67. The van der Waals surface area contributed by atoms with E-state index in [4.69, 9.17) is 4.52 Å². The molecule has 0 aliphatic carbocycles. The van der Waals surface area contributed by atoms with Crippen molar-refractivity contribution in [2.45, 2.75) is 37.7 Å². The third-order valence-corrected chi connectivity index (χ3v) is 4.43. The Bertz CT molecular complexity index is 457. The van der Waals surface area contributed by atoms with Crippen molar-refractivity contribution in [3.8, 4) is 0 Å². The van der Waals surface area contributed by atoms with Crippen molar-refractivity contribution in [2.24, 2.45) is 0 Å². The number of likely N-dealkylation sites (tertiary alicyclic amines) is 2. The van der Waals surface area contributed by atoms with Gasteiger partial charge < -0.3 is 14.5 Å². The minimum Gasteiger partial charge on any atom is -0.392 e. The van der Waals surface area contributed by atoms with Crippen LogP contribution in [0.2, 0.25) is 0 Å². The Balaban J connectivity index is 1.46. The highest BCUT2D eigenvalue weighted by atomic mass is 16.5. The van der Waals surface area contributed by atoms with Crippen molar-refractivity contribution in [1.82, 2.24) is 19.9 Å². The molecule has 1 N–H and O–H groups in total. The highest BCUT2D eigenvalue weighted by molar-refractivity contribution is 5.78. The molecule has 21 heavy (non-hydrogen) atoms. The van der Waals surface area contributed by atoms with Crippen molar-refractivity contribution in [3.05, 3.63) is 12.2 Å².